The third kappa shape index (κ3) is 4.12. The van der Waals surface area contributed by atoms with Crippen molar-refractivity contribution in [1.29, 1.82) is 0 Å². The molecule has 4 rings (SSSR count). The van der Waals surface area contributed by atoms with Crippen LogP contribution in [0.1, 0.15) is 5.56 Å². The standard InChI is InChI=1S/C10H9NO2.C9H7NO.CH2O/c12-6-7-3-4-9(13)10-8(7)2-1-5-11-10;11-8-5-1-3-7-4-2-6-10-9(7)8;1-2/h1-5,12-13H,6H2;1-6,11H;1H2. The molecular formula is C20H18N2O4. The molecule has 0 aliphatic heterocycles. The van der Waals surface area contributed by atoms with Crippen LogP contribution in [0.5, 0.6) is 11.5 Å². The van der Waals surface area contributed by atoms with Gasteiger partial charge in [0.2, 0.25) is 0 Å². The Bertz CT molecular complexity index is 1000. The minimum atomic E-state index is -0.0392. The van der Waals surface area contributed by atoms with Crippen molar-refractivity contribution in [2.45, 2.75) is 6.61 Å². The zero-order valence-corrected chi connectivity index (χ0v) is 13.9. The van der Waals surface area contributed by atoms with Crippen molar-refractivity contribution in [3.05, 3.63) is 72.6 Å². The molecule has 26 heavy (non-hydrogen) atoms. The number of nitrogens with zero attached hydrogens (tertiary/aromatic N) is 2. The number of phenolic OH excluding ortho intramolecular Hbond substituents is 2. The summed E-state index contributed by atoms with van der Waals surface area (Å²) < 4.78 is 0. The first-order chi connectivity index (χ1) is 12.7. The first kappa shape index (κ1) is 18.8. The minimum absolute atomic E-state index is 0.0392. The van der Waals surface area contributed by atoms with Crippen molar-refractivity contribution in [2.24, 2.45) is 0 Å². The molecule has 6 nitrogen and oxygen atoms in total. The molecule has 2 aromatic heterocycles. The summed E-state index contributed by atoms with van der Waals surface area (Å²) in [5.41, 5.74) is 1.98. The molecular weight excluding hydrogens is 332 g/mol. The summed E-state index contributed by atoms with van der Waals surface area (Å²) in [5, 5.41) is 29.5. The van der Waals surface area contributed by atoms with Crippen molar-refractivity contribution in [1.82, 2.24) is 9.97 Å². The monoisotopic (exact) mass is 350 g/mol. The molecule has 0 bridgehead atoms. The second-order valence-electron chi connectivity index (χ2n) is 5.15. The van der Waals surface area contributed by atoms with Crippen LogP contribution in [0.3, 0.4) is 0 Å². The van der Waals surface area contributed by atoms with E-state index in [1.54, 1.807) is 42.7 Å². The summed E-state index contributed by atoms with van der Waals surface area (Å²) in [7, 11) is 0. The molecule has 0 fully saturated rings. The lowest BCUT2D eigenvalue weighted by Crippen LogP contribution is -1.87. The summed E-state index contributed by atoms with van der Waals surface area (Å²) >= 11 is 0. The quantitative estimate of drug-likeness (QED) is 0.487. The van der Waals surface area contributed by atoms with Gasteiger partial charge in [0.05, 0.1) is 6.61 Å². The molecule has 132 valence electrons. The third-order valence-corrected chi connectivity index (χ3v) is 3.62. The lowest BCUT2D eigenvalue weighted by molar-refractivity contribution is -0.0979. The van der Waals surface area contributed by atoms with Gasteiger partial charge in [-0.05, 0) is 29.8 Å². The Morgan fingerprint density at radius 2 is 1.38 bits per heavy atom. The zero-order chi connectivity index (χ0) is 18.9. The number of aliphatic hydroxyl groups is 1. The Labute approximate surface area is 150 Å². The second-order valence-corrected chi connectivity index (χ2v) is 5.15. The Morgan fingerprint density at radius 1 is 0.769 bits per heavy atom. The molecule has 0 radical (unpaired) electrons. The van der Waals surface area contributed by atoms with Gasteiger partial charge in [0.15, 0.2) is 0 Å². The number of para-hydroxylation sites is 1. The number of aromatic nitrogens is 2. The number of fused-ring (bicyclic) bond motifs is 2. The number of pyridine rings is 2. The van der Waals surface area contributed by atoms with E-state index in [9.17, 15) is 10.2 Å². The first-order valence-corrected chi connectivity index (χ1v) is 7.68. The van der Waals surface area contributed by atoms with Gasteiger partial charge in [-0.1, -0.05) is 30.3 Å². The molecule has 0 saturated carbocycles. The number of carbonyl (C=O) groups is 1. The maximum Gasteiger partial charge on any atom is 0.141 e. The molecule has 3 N–H and O–H groups in total. The molecule has 0 aliphatic carbocycles. The molecule has 2 aromatic carbocycles. The SMILES string of the molecule is C=O.OCc1ccc(O)c2ncccc12.Oc1cccc2cccnc12. The number of phenols is 2. The number of benzene rings is 2. The van der Waals surface area contributed by atoms with Gasteiger partial charge in [-0.2, -0.15) is 0 Å². The van der Waals surface area contributed by atoms with Gasteiger partial charge in [0, 0.05) is 23.2 Å². The molecule has 0 aliphatic rings. The van der Waals surface area contributed by atoms with Gasteiger partial charge in [0.1, 0.15) is 29.3 Å². The smallest absolute Gasteiger partial charge is 0.141 e. The van der Waals surface area contributed by atoms with Gasteiger partial charge in [0.25, 0.3) is 0 Å². The van der Waals surface area contributed by atoms with Crippen LogP contribution >= 0.6 is 0 Å². The van der Waals surface area contributed by atoms with Crippen LogP contribution in [-0.2, 0) is 11.4 Å². The number of hydrogen-bond donors (Lipinski definition) is 3. The molecule has 2 heterocycles. The van der Waals surface area contributed by atoms with Crippen LogP contribution in [0.2, 0.25) is 0 Å². The van der Waals surface area contributed by atoms with E-state index < -0.39 is 0 Å². The van der Waals surface area contributed by atoms with Crippen LogP contribution in [0, 0.1) is 0 Å². The van der Waals surface area contributed by atoms with E-state index in [2.05, 4.69) is 9.97 Å². The highest BCUT2D eigenvalue weighted by Gasteiger charge is 2.04. The Morgan fingerprint density at radius 3 is 2.08 bits per heavy atom. The highest BCUT2D eigenvalue weighted by Crippen LogP contribution is 2.25. The van der Waals surface area contributed by atoms with Crippen molar-refractivity contribution in [3.63, 3.8) is 0 Å². The van der Waals surface area contributed by atoms with E-state index in [0.29, 0.717) is 11.0 Å². The maximum atomic E-state index is 9.45. The van der Waals surface area contributed by atoms with Crippen molar-refractivity contribution >= 4 is 28.6 Å². The average molecular weight is 350 g/mol. The van der Waals surface area contributed by atoms with E-state index in [0.717, 1.165) is 16.3 Å². The summed E-state index contributed by atoms with van der Waals surface area (Å²) in [6.45, 7) is 1.96. The number of aliphatic hydroxyl groups excluding tert-OH is 1. The van der Waals surface area contributed by atoms with Crippen LogP contribution in [0.25, 0.3) is 21.8 Å². The van der Waals surface area contributed by atoms with E-state index >= 15 is 0 Å². The summed E-state index contributed by atoms with van der Waals surface area (Å²) in [4.78, 5) is 16.1. The Hall–Kier alpha value is -3.51. The summed E-state index contributed by atoms with van der Waals surface area (Å²) in [6.07, 6.45) is 3.28. The van der Waals surface area contributed by atoms with Crippen molar-refractivity contribution < 1.29 is 20.1 Å². The van der Waals surface area contributed by atoms with Crippen molar-refractivity contribution in [2.75, 3.05) is 0 Å². The molecule has 0 saturated heterocycles. The van der Waals surface area contributed by atoms with Crippen molar-refractivity contribution in [3.8, 4) is 11.5 Å². The van der Waals surface area contributed by atoms with Gasteiger partial charge in [-0.3, -0.25) is 9.97 Å². The van der Waals surface area contributed by atoms with E-state index in [1.165, 1.54) is 0 Å². The number of carbonyl (C=O) groups excluding carboxylic acids is 1. The maximum absolute atomic E-state index is 9.45. The summed E-state index contributed by atoms with van der Waals surface area (Å²) in [6, 6.07) is 16.0. The van der Waals surface area contributed by atoms with Crippen LogP contribution < -0.4 is 0 Å². The molecule has 0 unspecified atom stereocenters. The fraction of sp³-hybridized carbons (Fsp3) is 0.0500. The van der Waals surface area contributed by atoms with Gasteiger partial charge in [-0.15, -0.1) is 0 Å². The minimum Gasteiger partial charge on any atom is -0.506 e. The second kappa shape index (κ2) is 9.10. The predicted molar refractivity (Wildman–Crippen MR) is 99.9 cm³/mol. The van der Waals surface area contributed by atoms with Crippen LogP contribution in [-0.4, -0.2) is 32.1 Å². The fourth-order valence-corrected chi connectivity index (χ4v) is 2.44. The first-order valence-electron chi connectivity index (χ1n) is 7.68. The molecule has 4 aromatic rings. The number of hydrogen-bond acceptors (Lipinski definition) is 6. The van der Waals surface area contributed by atoms with Gasteiger partial charge in [-0.25, -0.2) is 0 Å². The van der Waals surface area contributed by atoms with Crippen LogP contribution in [0.15, 0.2) is 67.0 Å². The topological polar surface area (TPSA) is 104 Å². The van der Waals surface area contributed by atoms with Gasteiger partial charge < -0.3 is 20.1 Å². The molecule has 0 amide bonds. The predicted octanol–water partition coefficient (Wildman–Crippen LogP) is 3.19. The summed E-state index contributed by atoms with van der Waals surface area (Å²) in [5.74, 6) is 0.385. The molecule has 6 heteroatoms. The third-order valence-electron chi connectivity index (χ3n) is 3.62. The Balaban J connectivity index is 0.000000173. The zero-order valence-electron chi connectivity index (χ0n) is 13.9. The van der Waals surface area contributed by atoms with E-state index in [-0.39, 0.29) is 18.1 Å². The lowest BCUT2D eigenvalue weighted by Gasteiger charge is -2.03. The highest BCUT2D eigenvalue weighted by molar-refractivity contribution is 5.87. The number of aromatic hydroxyl groups is 2. The lowest BCUT2D eigenvalue weighted by atomic mass is 10.1. The van der Waals surface area contributed by atoms with E-state index in [1.807, 2.05) is 31.1 Å². The van der Waals surface area contributed by atoms with Crippen LogP contribution in [0.4, 0.5) is 0 Å². The highest BCUT2D eigenvalue weighted by atomic mass is 16.3. The normalized spacial score (nSPS) is 9.73. The Kier molecular flexibility index (Phi) is 6.59. The fourth-order valence-electron chi connectivity index (χ4n) is 2.44. The largest absolute Gasteiger partial charge is 0.506 e. The average Bonchev–Trinajstić information content (AvgIpc) is 2.71. The molecule has 0 spiro atoms. The van der Waals surface area contributed by atoms with E-state index in [4.69, 9.17) is 9.90 Å². The van der Waals surface area contributed by atoms with Gasteiger partial charge >= 0.3 is 0 Å². The number of rotatable bonds is 1. The molecule has 0 atom stereocenters.